The van der Waals surface area contributed by atoms with Crippen LogP contribution in [-0.2, 0) is 26.2 Å². The van der Waals surface area contributed by atoms with Crippen molar-refractivity contribution in [2.75, 3.05) is 10.8 Å². The average molecular weight is 625 g/mol. The minimum atomic E-state index is -4.23. The number of benzene rings is 3. The van der Waals surface area contributed by atoms with E-state index in [1.165, 1.54) is 35.2 Å². The summed E-state index contributed by atoms with van der Waals surface area (Å²) >= 11 is 18.9. The van der Waals surface area contributed by atoms with Gasteiger partial charge in [0.05, 0.1) is 10.6 Å². The summed E-state index contributed by atoms with van der Waals surface area (Å²) in [6.45, 7) is 5.01. The third-order valence-corrected chi connectivity index (χ3v) is 9.02. The Bertz CT molecular complexity index is 1420. The van der Waals surface area contributed by atoms with E-state index < -0.39 is 28.5 Å². The molecule has 1 N–H and O–H groups in total. The first-order chi connectivity index (χ1) is 19.0. The van der Waals surface area contributed by atoms with Crippen LogP contribution in [0.15, 0.2) is 77.7 Å². The number of amides is 2. The summed E-state index contributed by atoms with van der Waals surface area (Å²) in [4.78, 5) is 28.8. The van der Waals surface area contributed by atoms with Gasteiger partial charge in [-0.15, -0.1) is 0 Å². The molecule has 3 rings (SSSR count). The highest BCUT2D eigenvalue weighted by Gasteiger charge is 2.34. The number of anilines is 1. The maximum absolute atomic E-state index is 14.1. The molecule has 0 radical (unpaired) electrons. The Morgan fingerprint density at radius 3 is 2.05 bits per heavy atom. The van der Waals surface area contributed by atoms with Gasteiger partial charge in [-0.05, 0) is 61.7 Å². The minimum Gasteiger partial charge on any atom is -0.352 e. The molecule has 3 aromatic carbocycles. The van der Waals surface area contributed by atoms with E-state index in [1.807, 2.05) is 13.8 Å². The van der Waals surface area contributed by atoms with Crippen molar-refractivity contribution in [3.8, 4) is 0 Å². The predicted octanol–water partition coefficient (Wildman–Crippen LogP) is 6.56. The van der Waals surface area contributed by atoms with E-state index in [0.717, 1.165) is 4.31 Å². The molecule has 0 spiro atoms. The highest BCUT2D eigenvalue weighted by atomic mass is 35.5. The van der Waals surface area contributed by atoms with Gasteiger partial charge >= 0.3 is 0 Å². The largest absolute Gasteiger partial charge is 0.352 e. The summed E-state index contributed by atoms with van der Waals surface area (Å²) < 4.78 is 28.7. The summed E-state index contributed by atoms with van der Waals surface area (Å²) in [5, 5.41) is 3.77. The van der Waals surface area contributed by atoms with Crippen LogP contribution < -0.4 is 9.62 Å². The fraction of sp³-hybridized carbons (Fsp3) is 0.310. The van der Waals surface area contributed by atoms with E-state index in [1.54, 1.807) is 49.4 Å². The standard InChI is InChI=1S/C29H32Cl3N3O4S/c1-4-20(3)33-29(37)27(5-2)34(18-21-11-9-10-14-26(21)32)28(36)19-35(24-16-22(30)15-23(31)17-24)40(38,39)25-12-7-6-8-13-25/h6-17,20,27H,4-5,18-19H2,1-3H3,(H,33,37)/t20-,27-/m0/s1. The van der Waals surface area contributed by atoms with Gasteiger partial charge in [0.15, 0.2) is 0 Å². The third-order valence-electron chi connectivity index (χ3n) is 6.43. The van der Waals surface area contributed by atoms with Crippen molar-refractivity contribution >= 4 is 62.3 Å². The van der Waals surface area contributed by atoms with Gasteiger partial charge in [-0.25, -0.2) is 8.42 Å². The fourth-order valence-electron chi connectivity index (χ4n) is 4.10. The zero-order chi connectivity index (χ0) is 29.4. The SMILES string of the molecule is CC[C@H](C)NC(=O)[C@H](CC)N(Cc1ccccc1Cl)C(=O)CN(c1cc(Cl)cc(Cl)c1)S(=O)(=O)c1ccccc1. The summed E-state index contributed by atoms with van der Waals surface area (Å²) in [6, 6.07) is 18.1. The second-order valence-corrected chi connectivity index (χ2v) is 12.4. The molecule has 2 atom stereocenters. The van der Waals surface area contributed by atoms with Crippen LogP contribution in [0.1, 0.15) is 39.2 Å². The lowest BCUT2D eigenvalue weighted by atomic mass is 10.1. The van der Waals surface area contributed by atoms with Gasteiger partial charge in [0.1, 0.15) is 12.6 Å². The molecular weight excluding hydrogens is 593 g/mol. The number of carbonyl (C=O) groups excluding carboxylic acids is 2. The number of hydrogen-bond acceptors (Lipinski definition) is 4. The van der Waals surface area contributed by atoms with E-state index >= 15 is 0 Å². The number of nitrogens with one attached hydrogen (secondary N) is 1. The molecule has 214 valence electrons. The molecule has 40 heavy (non-hydrogen) atoms. The molecule has 0 unspecified atom stereocenters. The second-order valence-electron chi connectivity index (χ2n) is 9.31. The first-order valence-electron chi connectivity index (χ1n) is 12.8. The lowest BCUT2D eigenvalue weighted by Gasteiger charge is -2.34. The van der Waals surface area contributed by atoms with Crippen molar-refractivity contribution in [1.29, 1.82) is 0 Å². The smallest absolute Gasteiger partial charge is 0.264 e. The maximum Gasteiger partial charge on any atom is 0.264 e. The van der Waals surface area contributed by atoms with Crippen molar-refractivity contribution in [3.63, 3.8) is 0 Å². The topological polar surface area (TPSA) is 86.8 Å². The number of rotatable bonds is 12. The summed E-state index contributed by atoms with van der Waals surface area (Å²) in [7, 11) is -4.23. The molecule has 0 aliphatic heterocycles. The molecule has 0 saturated heterocycles. The van der Waals surface area contributed by atoms with Crippen molar-refractivity contribution in [2.24, 2.45) is 0 Å². The van der Waals surface area contributed by atoms with Gasteiger partial charge in [-0.2, -0.15) is 0 Å². The number of hydrogen-bond donors (Lipinski definition) is 1. The van der Waals surface area contributed by atoms with Gasteiger partial charge in [-0.1, -0.05) is 85.0 Å². The van der Waals surface area contributed by atoms with Gasteiger partial charge in [0.2, 0.25) is 11.8 Å². The lowest BCUT2D eigenvalue weighted by Crippen LogP contribution is -2.53. The predicted molar refractivity (Wildman–Crippen MR) is 161 cm³/mol. The molecule has 0 bridgehead atoms. The molecule has 3 aromatic rings. The van der Waals surface area contributed by atoms with Crippen molar-refractivity contribution < 1.29 is 18.0 Å². The Hall–Kier alpha value is -2.78. The van der Waals surface area contributed by atoms with Gasteiger partial charge < -0.3 is 10.2 Å². The van der Waals surface area contributed by atoms with Crippen LogP contribution in [0.25, 0.3) is 0 Å². The van der Waals surface area contributed by atoms with Crippen LogP contribution in [-0.4, -0.2) is 43.8 Å². The normalized spacial score (nSPS) is 12.8. The zero-order valence-electron chi connectivity index (χ0n) is 22.5. The van der Waals surface area contributed by atoms with E-state index in [-0.39, 0.29) is 39.1 Å². The van der Waals surface area contributed by atoms with Crippen LogP contribution >= 0.6 is 34.8 Å². The number of sulfonamides is 1. The molecule has 2 amide bonds. The molecule has 7 nitrogen and oxygen atoms in total. The van der Waals surface area contributed by atoms with Gasteiger partial charge in [-0.3, -0.25) is 13.9 Å². The highest BCUT2D eigenvalue weighted by molar-refractivity contribution is 7.92. The van der Waals surface area contributed by atoms with Crippen LogP contribution in [0.3, 0.4) is 0 Å². The number of carbonyl (C=O) groups is 2. The van der Waals surface area contributed by atoms with E-state index in [0.29, 0.717) is 23.4 Å². The minimum absolute atomic E-state index is 0.000462. The molecule has 0 aliphatic rings. The Labute approximate surface area is 251 Å². The highest BCUT2D eigenvalue weighted by Crippen LogP contribution is 2.30. The number of halogens is 3. The molecular formula is C29H32Cl3N3O4S. The zero-order valence-corrected chi connectivity index (χ0v) is 25.6. The Morgan fingerprint density at radius 1 is 0.875 bits per heavy atom. The van der Waals surface area contributed by atoms with Gasteiger partial charge in [0, 0.05) is 27.7 Å². The van der Waals surface area contributed by atoms with Crippen LogP contribution in [0, 0.1) is 0 Å². The van der Waals surface area contributed by atoms with E-state index in [4.69, 9.17) is 34.8 Å². The fourth-order valence-corrected chi connectivity index (χ4v) is 6.23. The van der Waals surface area contributed by atoms with Gasteiger partial charge in [0.25, 0.3) is 10.0 Å². The average Bonchev–Trinajstić information content (AvgIpc) is 2.92. The monoisotopic (exact) mass is 623 g/mol. The Balaban J connectivity index is 2.09. The maximum atomic E-state index is 14.1. The molecule has 0 saturated carbocycles. The summed E-state index contributed by atoms with van der Waals surface area (Å²) in [6.07, 6.45) is 1.01. The lowest BCUT2D eigenvalue weighted by molar-refractivity contribution is -0.140. The molecule has 0 heterocycles. The van der Waals surface area contributed by atoms with E-state index in [2.05, 4.69) is 5.32 Å². The number of nitrogens with zero attached hydrogens (tertiary/aromatic N) is 2. The summed E-state index contributed by atoms with van der Waals surface area (Å²) in [5.74, 6) is -0.929. The first-order valence-corrected chi connectivity index (χ1v) is 15.4. The van der Waals surface area contributed by atoms with Crippen molar-refractivity contribution in [1.82, 2.24) is 10.2 Å². The van der Waals surface area contributed by atoms with Crippen molar-refractivity contribution in [2.45, 2.75) is 57.1 Å². The van der Waals surface area contributed by atoms with Crippen LogP contribution in [0.5, 0.6) is 0 Å². The third kappa shape index (κ3) is 7.91. The summed E-state index contributed by atoms with van der Waals surface area (Å²) in [5.41, 5.74) is 0.736. The van der Waals surface area contributed by atoms with Crippen molar-refractivity contribution in [3.05, 3.63) is 93.4 Å². The quantitative estimate of drug-likeness (QED) is 0.247. The Kier molecular flexibility index (Phi) is 11.3. The van der Waals surface area contributed by atoms with E-state index in [9.17, 15) is 18.0 Å². The molecule has 0 aromatic heterocycles. The van der Waals surface area contributed by atoms with Crippen LogP contribution in [0.4, 0.5) is 5.69 Å². The van der Waals surface area contributed by atoms with Crippen LogP contribution in [0.2, 0.25) is 15.1 Å². The molecule has 0 fully saturated rings. The first kappa shape index (κ1) is 31.7. The second kappa shape index (κ2) is 14.2. The molecule has 11 heteroatoms. The Morgan fingerprint density at radius 2 is 1.48 bits per heavy atom. The molecule has 0 aliphatic carbocycles.